The molecule has 0 unspecified atom stereocenters. The molecule has 1 heterocycles. The molecule has 1 aromatic heterocycles. The minimum absolute atomic E-state index is 0.172. The summed E-state index contributed by atoms with van der Waals surface area (Å²) in [6.07, 6.45) is 1.50. The van der Waals surface area contributed by atoms with Crippen LogP contribution in [0.5, 0.6) is 0 Å². The van der Waals surface area contributed by atoms with Crippen molar-refractivity contribution >= 4 is 12.2 Å². The minimum Gasteiger partial charge on any atom is -0.397 e. The maximum atomic E-state index is 10.3. The molecule has 4 nitrogen and oxygen atoms in total. The van der Waals surface area contributed by atoms with Crippen molar-refractivity contribution in [1.29, 1.82) is 0 Å². The van der Waals surface area contributed by atoms with Crippen molar-refractivity contribution in [2.75, 3.05) is 6.61 Å². The molecule has 0 aliphatic rings. The number of hydrogen-bond acceptors (Lipinski definition) is 3. The van der Waals surface area contributed by atoms with E-state index >= 15 is 0 Å². The summed E-state index contributed by atoms with van der Waals surface area (Å²) >= 11 is 4.59. The number of hydrogen-bond donors (Lipinski definition) is 3. The Morgan fingerprint density at radius 3 is 2.55 bits per heavy atom. The monoisotopic (exact) mass is 174 g/mol. The Bertz CT molecular complexity index is 266. The van der Waals surface area contributed by atoms with Crippen molar-refractivity contribution in [3.8, 4) is 0 Å². The average Bonchev–Trinajstić information content (AvgIpc) is 1.88. The lowest BCUT2D eigenvalue weighted by atomic mass is 10.7. The standard InChI is InChI=1S/C4H4N2OS.C2H6O/c7-3-1-2-5-4(8)6-3;1-2-3/h1-2H,(H2,5,6,7,8);3H,2H2,1H3. The molecule has 0 amide bonds. The predicted octanol–water partition coefficient (Wildman–Crippen LogP) is 0.431. The third-order valence-electron chi connectivity index (χ3n) is 0.686. The molecule has 0 aliphatic carbocycles. The maximum absolute atomic E-state index is 10.3. The largest absolute Gasteiger partial charge is 0.397 e. The smallest absolute Gasteiger partial charge is 0.251 e. The number of rotatable bonds is 0. The minimum atomic E-state index is -0.172. The lowest BCUT2D eigenvalue weighted by Gasteiger charge is -1.78. The first-order valence-corrected chi connectivity index (χ1v) is 3.50. The van der Waals surface area contributed by atoms with Gasteiger partial charge in [0.25, 0.3) is 5.56 Å². The molecule has 0 saturated carbocycles. The van der Waals surface area contributed by atoms with Gasteiger partial charge < -0.3 is 10.1 Å². The molecule has 0 aromatic carbocycles. The van der Waals surface area contributed by atoms with Crippen molar-refractivity contribution in [3.63, 3.8) is 0 Å². The number of aromatic nitrogens is 2. The number of H-pyrrole nitrogens is 2. The second-order valence-electron chi connectivity index (χ2n) is 1.61. The first-order chi connectivity index (χ1) is 5.20. The van der Waals surface area contributed by atoms with Crippen molar-refractivity contribution in [1.82, 2.24) is 9.97 Å². The normalized spacial score (nSPS) is 8.18. The molecule has 0 spiro atoms. The molecular formula is C6H10N2O2S. The van der Waals surface area contributed by atoms with E-state index in [-0.39, 0.29) is 12.2 Å². The summed E-state index contributed by atoms with van der Waals surface area (Å²) in [5.41, 5.74) is -0.172. The molecule has 11 heavy (non-hydrogen) atoms. The predicted molar refractivity (Wildman–Crippen MR) is 45.0 cm³/mol. The summed E-state index contributed by atoms with van der Waals surface area (Å²) in [5, 5.41) is 7.57. The van der Waals surface area contributed by atoms with E-state index in [0.717, 1.165) is 0 Å². The van der Waals surface area contributed by atoms with Crippen molar-refractivity contribution < 1.29 is 5.11 Å². The highest BCUT2D eigenvalue weighted by molar-refractivity contribution is 7.71. The summed E-state index contributed by atoms with van der Waals surface area (Å²) in [6.45, 7) is 1.93. The van der Waals surface area contributed by atoms with Crippen LogP contribution in [0.25, 0.3) is 0 Å². The number of nitrogens with one attached hydrogen (secondary N) is 2. The molecule has 3 N–H and O–H groups in total. The molecule has 0 atom stereocenters. The zero-order chi connectivity index (χ0) is 8.69. The fourth-order valence-electron chi connectivity index (χ4n) is 0.383. The Kier molecular flexibility index (Phi) is 5.32. The van der Waals surface area contributed by atoms with Gasteiger partial charge in [-0.15, -0.1) is 0 Å². The Morgan fingerprint density at radius 1 is 1.73 bits per heavy atom. The lowest BCUT2D eigenvalue weighted by Crippen LogP contribution is -2.02. The van der Waals surface area contributed by atoms with E-state index in [9.17, 15) is 4.79 Å². The van der Waals surface area contributed by atoms with E-state index in [1.54, 1.807) is 6.92 Å². The molecule has 1 aromatic rings. The van der Waals surface area contributed by atoms with Crippen LogP contribution < -0.4 is 5.56 Å². The Hall–Kier alpha value is -0.940. The Balaban J connectivity index is 0.000000292. The van der Waals surface area contributed by atoms with Gasteiger partial charge >= 0.3 is 0 Å². The molecule has 0 aliphatic heterocycles. The van der Waals surface area contributed by atoms with E-state index in [4.69, 9.17) is 5.11 Å². The van der Waals surface area contributed by atoms with Crippen LogP contribution >= 0.6 is 12.2 Å². The summed E-state index contributed by atoms with van der Waals surface area (Å²) in [5.74, 6) is 0. The van der Waals surface area contributed by atoms with Gasteiger partial charge in [-0.05, 0) is 19.1 Å². The van der Waals surface area contributed by atoms with E-state index in [2.05, 4.69) is 22.2 Å². The lowest BCUT2D eigenvalue weighted by molar-refractivity contribution is 0.318. The molecule has 1 rings (SSSR count). The first kappa shape index (κ1) is 10.1. The van der Waals surface area contributed by atoms with E-state index in [1.165, 1.54) is 12.3 Å². The highest BCUT2D eigenvalue weighted by Gasteiger charge is 1.74. The van der Waals surface area contributed by atoms with Gasteiger partial charge in [-0.2, -0.15) is 0 Å². The van der Waals surface area contributed by atoms with Crippen LogP contribution in [-0.4, -0.2) is 21.7 Å². The van der Waals surface area contributed by atoms with Crippen molar-refractivity contribution in [3.05, 3.63) is 27.4 Å². The fourth-order valence-corrected chi connectivity index (χ4v) is 0.551. The van der Waals surface area contributed by atoms with Gasteiger partial charge in [-0.25, -0.2) is 0 Å². The molecule has 0 fully saturated rings. The quantitative estimate of drug-likeness (QED) is 0.500. The summed E-state index contributed by atoms with van der Waals surface area (Å²) < 4.78 is 0.359. The molecule has 0 saturated heterocycles. The van der Waals surface area contributed by atoms with Gasteiger partial charge in [-0.3, -0.25) is 9.78 Å². The van der Waals surface area contributed by atoms with Gasteiger partial charge in [0.05, 0.1) is 0 Å². The SMILES string of the molecule is CCO.O=c1cc[nH]c(=S)[nH]1. The Labute approximate surface area is 68.9 Å². The van der Waals surface area contributed by atoms with Crippen LogP contribution in [0.2, 0.25) is 0 Å². The zero-order valence-corrected chi connectivity index (χ0v) is 6.94. The Morgan fingerprint density at radius 2 is 2.27 bits per heavy atom. The van der Waals surface area contributed by atoms with Crippen LogP contribution in [0, 0.1) is 4.77 Å². The van der Waals surface area contributed by atoms with Crippen LogP contribution in [0.4, 0.5) is 0 Å². The van der Waals surface area contributed by atoms with E-state index < -0.39 is 0 Å². The van der Waals surface area contributed by atoms with Gasteiger partial charge in [0.15, 0.2) is 4.77 Å². The second kappa shape index (κ2) is 5.82. The molecular weight excluding hydrogens is 164 g/mol. The molecule has 0 radical (unpaired) electrons. The van der Waals surface area contributed by atoms with E-state index in [0.29, 0.717) is 4.77 Å². The van der Waals surface area contributed by atoms with Gasteiger partial charge in [0.1, 0.15) is 0 Å². The summed E-state index contributed by atoms with van der Waals surface area (Å²) in [7, 11) is 0. The molecule has 62 valence electrons. The van der Waals surface area contributed by atoms with Gasteiger partial charge in [0, 0.05) is 18.9 Å². The highest BCUT2D eigenvalue weighted by atomic mass is 32.1. The average molecular weight is 174 g/mol. The molecule has 0 bridgehead atoms. The summed E-state index contributed by atoms with van der Waals surface area (Å²) in [4.78, 5) is 15.4. The maximum Gasteiger partial charge on any atom is 0.251 e. The van der Waals surface area contributed by atoms with Crippen molar-refractivity contribution in [2.24, 2.45) is 0 Å². The topological polar surface area (TPSA) is 68.9 Å². The van der Waals surface area contributed by atoms with Crippen LogP contribution in [-0.2, 0) is 0 Å². The third-order valence-corrected chi connectivity index (χ3v) is 0.906. The first-order valence-electron chi connectivity index (χ1n) is 3.09. The van der Waals surface area contributed by atoms with E-state index in [1.807, 2.05) is 0 Å². The molecule has 5 heteroatoms. The van der Waals surface area contributed by atoms with Crippen LogP contribution in [0.3, 0.4) is 0 Å². The second-order valence-corrected chi connectivity index (χ2v) is 2.02. The summed E-state index contributed by atoms with van der Waals surface area (Å²) in [6, 6.07) is 1.37. The van der Waals surface area contributed by atoms with Gasteiger partial charge in [-0.1, -0.05) is 0 Å². The van der Waals surface area contributed by atoms with Crippen molar-refractivity contribution in [2.45, 2.75) is 6.92 Å². The van der Waals surface area contributed by atoms with Crippen LogP contribution in [0.1, 0.15) is 6.92 Å². The third kappa shape index (κ3) is 5.50. The van der Waals surface area contributed by atoms with Crippen LogP contribution in [0.15, 0.2) is 17.1 Å². The number of aliphatic hydroxyl groups excluding tert-OH is 1. The van der Waals surface area contributed by atoms with Gasteiger partial charge in [0.2, 0.25) is 0 Å². The fraction of sp³-hybridized carbons (Fsp3) is 0.333. The highest BCUT2D eigenvalue weighted by Crippen LogP contribution is 1.67. The number of aliphatic hydroxyl groups is 1. The zero-order valence-electron chi connectivity index (χ0n) is 6.13. The number of aromatic amines is 2.